The minimum Gasteiger partial charge on any atom is -0.346 e. The first-order valence-corrected chi connectivity index (χ1v) is 17.2. The van der Waals surface area contributed by atoms with Crippen LogP contribution in [0.5, 0.6) is 0 Å². The average molecular weight is 655 g/mol. The number of carbonyl (C=O) groups is 6. The Kier molecular flexibility index (Phi) is 14.3. The molecule has 0 aromatic rings. The number of ketones is 1. The molecule has 0 radical (unpaired) electrons. The molecule has 1 unspecified atom stereocenters. The van der Waals surface area contributed by atoms with Crippen molar-refractivity contribution in [1.29, 1.82) is 0 Å². The Morgan fingerprint density at radius 1 is 0.979 bits per heavy atom. The highest BCUT2D eigenvalue weighted by atomic mass is 16.2. The third kappa shape index (κ3) is 10.8. The summed E-state index contributed by atoms with van der Waals surface area (Å²) < 4.78 is 0. The number of likely N-dealkylation sites (tertiary alicyclic amines) is 2. The van der Waals surface area contributed by atoms with E-state index in [0.29, 0.717) is 38.9 Å². The van der Waals surface area contributed by atoms with Crippen LogP contribution in [0.3, 0.4) is 0 Å². The number of Topliss-reactive ketones (excluding diaryl/α,β-unsaturated/α-hetero) is 1. The van der Waals surface area contributed by atoms with Crippen molar-refractivity contribution in [2.24, 2.45) is 11.3 Å². The fourth-order valence-electron chi connectivity index (χ4n) is 6.77. The van der Waals surface area contributed by atoms with Gasteiger partial charge in [-0.15, -0.1) is 18.9 Å². The van der Waals surface area contributed by atoms with Gasteiger partial charge in [-0.2, -0.15) is 0 Å². The highest BCUT2D eigenvalue weighted by Crippen LogP contribution is 2.29. The molecular formula is C35H54N6O6. The Bertz CT molecular complexity index is 1200. The summed E-state index contributed by atoms with van der Waals surface area (Å²) in [5.41, 5.74) is -0.699. The van der Waals surface area contributed by atoms with Crippen LogP contribution in [-0.2, 0) is 24.0 Å². The molecule has 260 valence electrons. The molecule has 12 heteroatoms. The van der Waals surface area contributed by atoms with Crippen molar-refractivity contribution in [2.45, 2.75) is 122 Å². The lowest BCUT2D eigenvalue weighted by molar-refractivity contribution is -0.143. The number of nitrogens with one attached hydrogen (secondary N) is 4. The molecule has 1 aliphatic carbocycles. The number of rotatable bonds is 14. The van der Waals surface area contributed by atoms with Crippen LogP contribution < -0.4 is 21.3 Å². The second-order valence-corrected chi connectivity index (χ2v) is 14.1. The normalized spacial score (nSPS) is 20.7. The summed E-state index contributed by atoms with van der Waals surface area (Å²) in [4.78, 5) is 82.3. The summed E-state index contributed by atoms with van der Waals surface area (Å²) in [5.74, 6) is 0.151. The quantitative estimate of drug-likeness (QED) is 0.128. The second-order valence-electron chi connectivity index (χ2n) is 14.1. The molecule has 3 fully saturated rings. The maximum atomic E-state index is 14.1. The van der Waals surface area contributed by atoms with Gasteiger partial charge in [0.15, 0.2) is 0 Å². The minimum atomic E-state index is -1.15. The number of amides is 6. The summed E-state index contributed by atoms with van der Waals surface area (Å²) in [6.07, 6.45) is 15.6. The first-order valence-electron chi connectivity index (χ1n) is 17.2. The van der Waals surface area contributed by atoms with Gasteiger partial charge < -0.3 is 31.1 Å². The highest BCUT2D eigenvalue weighted by Gasteiger charge is 2.43. The molecule has 0 bridgehead atoms. The van der Waals surface area contributed by atoms with E-state index in [0.717, 1.165) is 44.9 Å². The molecule has 0 aromatic heterocycles. The van der Waals surface area contributed by atoms with Crippen molar-refractivity contribution in [3.8, 4) is 12.3 Å². The average Bonchev–Trinajstić information content (AvgIpc) is 3.55. The van der Waals surface area contributed by atoms with Crippen LogP contribution >= 0.6 is 0 Å². The van der Waals surface area contributed by atoms with Crippen LogP contribution in [0.15, 0.2) is 12.7 Å². The Hall–Kier alpha value is -3.88. The zero-order chi connectivity index (χ0) is 34.6. The fraction of sp³-hybridized carbons (Fsp3) is 0.714. The monoisotopic (exact) mass is 654 g/mol. The van der Waals surface area contributed by atoms with E-state index in [9.17, 15) is 28.8 Å². The Morgan fingerprint density at radius 3 is 2.34 bits per heavy atom. The summed E-state index contributed by atoms with van der Waals surface area (Å²) in [6.45, 7) is 10.6. The van der Waals surface area contributed by atoms with Gasteiger partial charge >= 0.3 is 6.03 Å². The smallest absolute Gasteiger partial charge is 0.315 e. The van der Waals surface area contributed by atoms with Crippen LogP contribution in [0.4, 0.5) is 4.79 Å². The van der Waals surface area contributed by atoms with E-state index in [2.05, 4.69) is 33.8 Å². The van der Waals surface area contributed by atoms with Gasteiger partial charge in [0, 0.05) is 39.0 Å². The van der Waals surface area contributed by atoms with Gasteiger partial charge in [0.1, 0.15) is 12.1 Å². The van der Waals surface area contributed by atoms with E-state index >= 15 is 0 Å². The third-order valence-electron chi connectivity index (χ3n) is 9.44. The van der Waals surface area contributed by atoms with E-state index in [4.69, 9.17) is 6.42 Å². The van der Waals surface area contributed by atoms with Gasteiger partial charge in [-0.05, 0) is 56.3 Å². The fourth-order valence-corrected chi connectivity index (χ4v) is 6.77. The van der Waals surface area contributed by atoms with Gasteiger partial charge in [-0.25, -0.2) is 4.79 Å². The zero-order valence-corrected chi connectivity index (χ0v) is 28.4. The summed E-state index contributed by atoms with van der Waals surface area (Å²) in [5, 5.41) is 11.1. The number of urea groups is 1. The Balaban J connectivity index is 1.73. The predicted octanol–water partition coefficient (Wildman–Crippen LogP) is 2.42. The van der Waals surface area contributed by atoms with Gasteiger partial charge in [0.2, 0.25) is 23.5 Å². The molecular weight excluding hydrogens is 600 g/mol. The number of hydrogen-bond donors (Lipinski definition) is 4. The first-order chi connectivity index (χ1) is 22.4. The lowest BCUT2D eigenvalue weighted by Gasteiger charge is -2.38. The third-order valence-corrected chi connectivity index (χ3v) is 9.44. The molecule has 47 heavy (non-hydrogen) atoms. The van der Waals surface area contributed by atoms with Crippen LogP contribution in [0, 0.1) is 23.7 Å². The zero-order valence-electron chi connectivity index (χ0n) is 28.4. The molecule has 4 N–H and O–H groups in total. The molecule has 6 amide bonds. The highest BCUT2D eigenvalue weighted by molar-refractivity contribution is 6.38. The molecule has 0 spiro atoms. The molecule has 3 aliphatic rings. The number of piperidine rings is 1. The van der Waals surface area contributed by atoms with Gasteiger partial charge in [0.05, 0.1) is 12.1 Å². The maximum Gasteiger partial charge on any atom is 0.315 e. The lowest BCUT2D eigenvalue weighted by Crippen LogP contribution is -2.61. The first kappa shape index (κ1) is 37.6. The number of nitrogens with zero attached hydrogens (tertiary/aromatic N) is 2. The SMILES string of the molecule is C#CCCC(NC(=O)[C@@H]1CCCN1C(=O)[C@@H](NC(=O)N[C@H](CN1CCCCC1=O)C1CCCCC1)C(C)(C)C)C(=O)C(=O)NCC=C. The lowest BCUT2D eigenvalue weighted by atomic mass is 9.83. The summed E-state index contributed by atoms with van der Waals surface area (Å²) >= 11 is 0. The number of carbonyl (C=O) groups excluding carboxylic acids is 6. The van der Waals surface area contributed by atoms with Gasteiger partial charge in [0.25, 0.3) is 5.91 Å². The van der Waals surface area contributed by atoms with Gasteiger partial charge in [-0.1, -0.05) is 46.1 Å². The molecule has 3 rings (SSSR count). The second kappa shape index (κ2) is 17.9. The molecule has 2 heterocycles. The molecule has 2 saturated heterocycles. The standard InChI is InChI=1S/C35H54N6O6/c1-6-8-17-25(29(43)32(45)36-20-7-2)37-31(44)27-18-14-22-41(27)33(46)30(35(3,4)5)39-34(47)38-26(24-15-10-9-11-16-24)23-40-21-13-12-19-28(40)42/h1,7,24-27,30H,2,8-23H2,3-5H3,(H,36,45)(H,37,44)(H2,38,39,47)/t25?,26-,27+,30-/m1/s1. The van der Waals surface area contributed by atoms with E-state index in [1.165, 1.54) is 11.0 Å². The number of terminal acetylenes is 1. The van der Waals surface area contributed by atoms with E-state index in [1.807, 2.05) is 25.7 Å². The Labute approximate surface area is 279 Å². The molecule has 4 atom stereocenters. The van der Waals surface area contributed by atoms with E-state index < -0.39 is 53.1 Å². The molecule has 1 saturated carbocycles. The largest absolute Gasteiger partial charge is 0.346 e. The van der Waals surface area contributed by atoms with Crippen LogP contribution in [-0.4, -0.2) is 95.6 Å². The van der Waals surface area contributed by atoms with Crippen LogP contribution in [0.2, 0.25) is 0 Å². The van der Waals surface area contributed by atoms with Crippen molar-refractivity contribution >= 4 is 35.4 Å². The van der Waals surface area contributed by atoms with Crippen LogP contribution in [0.1, 0.15) is 97.8 Å². The minimum absolute atomic E-state index is 0.0702. The molecule has 0 aromatic carbocycles. The van der Waals surface area contributed by atoms with E-state index in [-0.39, 0.29) is 37.3 Å². The van der Waals surface area contributed by atoms with Crippen molar-refractivity contribution in [3.05, 3.63) is 12.7 Å². The van der Waals surface area contributed by atoms with Crippen molar-refractivity contribution < 1.29 is 28.8 Å². The Morgan fingerprint density at radius 2 is 1.70 bits per heavy atom. The predicted molar refractivity (Wildman–Crippen MR) is 179 cm³/mol. The van der Waals surface area contributed by atoms with Crippen molar-refractivity contribution in [2.75, 3.05) is 26.2 Å². The maximum absolute atomic E-state index is 14.1. The van der Waals surface area contributed by atoms with Gasteiger partial charge in [-0.3, -0.25) is 24.0 Å². The van der Waals surface area contributed by atoms with E-state index in [1.54, 1.807) is 0 Å². The topological polar surface area (TPSA) is 157 Å². The number of hydrogen-bond acceptors (Lipinski definition) is 6. The molecule has 2 aliphatic heterocycles. The van der Waals surface area contributed by atoms with Crippen molar-refractivity contribution in [3.63, 3.8) is 0 Å². The van der Waals surface area contributed by atoms with Crippen molar-refractivity contribution in [1.82, 2.24) is 31.1 Å². The summed E-state index contributed by atoms with van der Waals surface area (Å²) in [6, 6.07) is -3.70. The molecule has 12 nitrogen and oxygen atoms in total. The van der Waals surface area contributed by atoms with Crippen LogP contribution in [0.25, 0.3) is 0 Å². The summed E-state index contributed by atoms with van der Waals surface area (Å²) in [7, 11) is 0.